The van der Waals surface area contributed by atoms with E-state index in [0.29, 0.717) is 24.3 Å². The number of benzene rings is 1. The van der Waals surface area contributed by atoms with Crippen molar-refractivity contribution in [2.45, 2.75) is 20.8 Å². The van der Waals surface area contributed by atoms with Crippen molar-refractivity contribution in [3.05, 3.63) is 39.8 Å². The molecule has 1 rings (SSSR count). The second kappa shape index (κ2) is 5.92. The molecule has 0 N–H and O–H groups in total. The Bertz CT molecular complexity index is 460. The van der Waals surface area contributed by atoms with Crippen molar-refractivity contribution >= 4 is 11.6 Å². The third-order valence-corrected chi connectivity index (χ3v) is 2.65. The van der Waals surface area contributed by atoms with Crippen LogP contribution in [0.4, 0.5) is 5.69 Å². The molecule has 90 valence electrons. The molecule has 0 unspecified atom stereocenters. The summed E-state index contributed by atoms with van der Waals surface area (Å²) in [4.78, 5) is 16.5. The van der Waals surface area contributed by atoms with Crippen LogP contribution in [0.3, 0.4) is 0 Å². The summed E-state index contributed by atoms with van der Waals surface area (Å²) in [6, 6.07) is 5.12. The quantitative estimate of drug-likeness (QED) is 0.445. The van der Waals surface area contributed by atoms with Crippen molar-refractivity contribution in [2.24, 2.45) is 5.11 Å². The highest BCUT2D eigenvalue weighted by molar-refractivity contribution is 5.94. The Kier molecular flexibility index (Phi) is 4.55. The number of carbonyl (C=O) groups is 1. The van der Waals surface area contributed by atoms with Gasteiger partial charge in [0.05, 0.1) is 0 Å². The van der Waals surface area contributed by atoms with E-state index in [2.05, 4.69) is 10.0 Å². The molecule has 0 heterocycles. The van der Waals surface area contributed by atoms with E-state index in [0.717, 1.165) is 5.56 Å². The van der Waals surface area contributed by atoms with Gasteiger partial charge in [0.1, 0.15) is 0 Å². The molecule has 0 aliphatic heterocycles. The lowest BCUT2D eigenvalue weighted by Gasteiger charge is -2.18. The summed E-state index contributed by atoms with van der Waals surface area (Å²) in [5, 5.41) is 3.55. The third kappa shape index (κ3) is 2.98. The lowest BCUT2D eigenvalue weighted by molar-refractivity contribution is 0.0773. The molecule has 0 bridgehead atoms. The maximum absolute atomic E-state index is 12.1. The van der Waals surface area contributed by atoms with Gasteiger partial charge in [0.2, 0.25) is 0 Å². The average molecular weight is 232 g/mol. The molecule has 0 aromatic heterocycles. The van der Waals surface area contributed by atoms with Crippen LogP contribution in [-0.2, 0) is 0 Å². The first kappa shape index (κ1) is 13.1. The maximum Gasteiger partial charge on any atom is 0.253 e. The summed E-state index contributed by atoms with van der Waals surface area (Å²) in [5.74, 6) is 0.00517. The summed E-state index contributed by atoms with van der Waals surface area (Å²) < 4.78 is 0. The van der Waals surface area contributed by atoms with Crippen LogP contribution in [0.2, 0.25) is 0 Å². The Labute approximate surface area is 101 Å². The molecule has 0 aliphatic rings. The number of azide groups is 1. The van der Waals surface area contributed by atoms with Gasteiger partial charge in [-0.1, -0.05) is 11.2 Å². The van der Waals surface area contributed by atoms with Crippen molar-refractivity contribution in [2.75, 3.05) is 13.1 Å². The normalized spacial score (nSPS) is 9.59. The zero-order valence-corrected chi connectivity index (χ0v) is 10.3. The van der Waals surface area contributed by atoms with Crippen LogP contribution < -0.4 is 0 Å². The van der Waals surface area contributed by atoms with Gasteiger partial charge in [0, 0.05) is 29.3 Å². The fourth-order valence-electron chi connectivity index (χ4n) is 1.64. The predicted molar refractivity (Wildman–Crippen MR) is 67.2 cm³/mol. The molecular formula is C12H16N4O. The smallest absolute Gasteiger partial charge is 0.253 e. The van der Waals surface area contributed by atoms with Crippen LogP contribution >= 0.6 is 0 Å². The molecule has 1 aromatic rings. The Morgan fingerprint density at radius 2 is 2.06 bits per heavy atom. The van der Waals surface area contributed by atoms with Crippen LogP contribution in [0, 0.1) is 6.92 Å². The molecule has 0 saturated heterocycles. The number of hydrogen-bond donors (Lipinski definition) is 0. The Morgan fingerprint density at radius 3 is 2.53 bits per heavy atom. The fourth-order valence-corrected chi connectivity index (χ4v) is 1.64. The maximum atomic E-state index is 12.1. The Hall–Kier alpha value is -2.00. The lowest BCUT2D eigenvalue weighted by atomic mass is 10.1. The van der Waals surface area contributed by atoms with E-state index in [1.54, 1.807) is 23.1 Å². The molecule has 17 heavy (non-hydrogen) atoms. The van der Waals surface area contributed by atoms with E-state index in [1.165, 1.54) is 0 Å². The van der Waals surface area contributed by atoms with Crippen LogP contribution in [-0.4, -0.2) is 23.9 Å². The lowest BCUT2D eigenvalue weighted by Crippen LogP contribution is -2.30. The predicted octanol–water partition coefficient (Wildman–Crippen LogP) is 3.42. The molecule has 5 nitrogen and oxygen atoms in total. The molecule has 0 fully saturated rings. The van der Waals surface area contributed by atoms with Gasteiger partial charge in [-0.2, -0.15) is 0 Å². The minimum atomic E-state index is 0.00517. The van der Waals surface area contributed by atoms with Crippen LogP contribution in [0.1, 0.15) is 29.8 Å². The summed E-state index contributed by atoms with van der Waals surface area (Å²) in [6.45, 7) is 7.09. The highest BCUT2D eigenvalue weighted by Gasteiger charge is 2.12. The topological polar surface area (TPSA) is 69.1 Å². The molecule has 0 radical (unpaired) electrons. The Morgan fingerprint density at radius 1 is 1.41 bits per heavy atom. The third-order valence-electron chi connectivity index (χ3n) is 2.65. The zero-order valence-electron chi connectivity index (χ0n) is 10.3. The molecule has 1 amide bonds. The molecule has 1 aromatic carbocycles. The number of rotatable bonds is 4. The van der Waals surface area contributed by atoms with E-state index in [-0.39, 0.29) is 5.91 Å². The van der Waals surface area contributed by atoms with E-state index in [1.807, 2.05) is 20.8 Å². The molecule has 5 heteroatoms. The van der Waals surface area contributed by atoms with E-state index in [9.17, 15) is 4.79 Å². The minimum absolute atomic E-state index is 0.00517. The van der Waals surface area contributed by atoms with Crippen molar-refractivity contribution in [3.8, 4) is 0 Å². The molecular weight excluding hydrogens is 216 g/mol. The fraction of sp³-hybridized carbons (Fsp3) is 0.417. The monoisotopic (exact) mass is 232 g/mol. The van der Waals surface area contributed by atoms with Gasteiger partial charge in [-0.15, -0.1) is 0 Å². The minimum Gasteiger partial charge on any atom is -0.339 e. The largest absolute Gasteiger partial charge is 0.339 e. The van der Waals surface area contributed by atoms with Crippen LogP contribution in [0.15, 0.2) is 23.3 Å². The zero-order chi connectivity index (χ0) is 12.8. The van der Waals surface area contributed by atoms with Crippen molar-refractivity contribution < 1.29 is 4.79 Å². The number of amides is 1. The second-order valence-electron chi connectivity index (χ2n) is 3.67. The SMILES string of the molecule is CCN(CC)C(=O)c1ccc(N=[N+]=[N-])c(C)c1. The number of hydrogen-bond acceptors (Lipinski definition) is 2. The van der Waals surface area contributed by atoms with E-state index < -0.39 is 0 Å². The van der Waals surface area contributed by atoms with E-state index >= 15 is 0 Å². The van der Waals surface area contributed by atoms with Gasteiger partial charge in [-0.25, -0.2) is 0 Å². The van der Waals surface area contributed by atoms with Crippen LogP contribution in [0.5, 0.6) is 0 Å². The van der Waals surface area contributed by atoms with Crippen molar-refractivity contribution in [1.82, 2.24) is 4.90 Å². The first-order chi connectivity index (χ1) is 8.13. The van der Waals surface area contributed by atoms with Gasteiger partial charge < -0.3 is 4.90 Å². The summed E-state index contributed by atoms with van der Waals surface area (Å²) in [7, 11) is 0. The van der Waals surface area contributed by atoms with Crippen LogP contribution in [0.25, 0.3) is 10.4 Å². The van der Waals surface area contributed by atoms with Gasteiger partial charge in [0.25, 0.3) is 5.91 Å². The summed E-state index contributed by atoms with van der Waals surface area (Å²) in [6.07, 6.45) is 0. The molecule has 0 atom stereocenters. The Balaban J connectivity index is 3.05. The first-order valence-corrected chi connectivity index (χ1v) is 5.59. The van der Waals surface area contributed by atoms with Gasteiger partial charge in [-0.3, -0.25) is 4.79 Å². The summed E-state index contributed by atoms with van der Waals surface area (Å²) >= 11 is 0. The highest BCUT2D eigenvalue weighted by Crippen LogP contribution is 2.20. The number of aryl methyl sites for hydroxylation is 1. The molecule has 0 aliphatic carbocycles. The first-order valence-electron chi connectivity index (χ1n) is 5.59. The van der Waals surface area contributed by atoms with Gasteiger partial charge in [-0.05, 0) is 44.0 Å². The van der Waals surface area contributed by atoms with E-state index in [4.69, 9.17) is 5.53 Å². The molecule has 0 saturated carbocycles. The molecule has 0 spiro atoms. The summed E-state index contributed by atoms with van der Waals surface area (Å²) in [5.41, 5.74) is 10.4. The van der Waals surface area contributed by atoms with Gasteiger partial charge >= 0.3 is 0 Å². The average Bonchev–Trinajstić information content (AvgIpc) is 2.33. The van der Waals surface area contributed by atoms with Gasteiger partial charge in [0.15, 0.2) is 0 Å². The van der Waals surface area contributed by atoms with Crippen molar-refractivity contribution in [3.63, 3.8) is 0 Å². The standard InChI is InChI=1S/C12H16N4O/c1-4-16(5-2)12(17)10-6-7-11(14-15-13)9(3)8-10/h6-8H,4-5H2,1-3H3. The highest BCUT2D eigenvalue weighted by atomic mass is 16.2. The number of nitrogens with zero attached hydrogens (tertiary/aromatic N) is 4. The van der Waals surface area contributed by atoms with Crippen molar-refractivity contribution in [1.29, 1.82) is 0 Å². The number of carbonyl (C=O) groups excluding carboxylic acids is 1. The second-order valence-corrected chi connectivity index (χ2v) is 3.67.